The zero-order valence-electron chi connectivity index (χ0n) is 9.50. The van der Waals surface area contributed by atoms with Gasteiger partial charge in [0.15, 0.2) is 0 Å². The van der Waals surface area contributed by atoms with E-state index in [-0.39, 0.29) is 0 Å². The summed E-state index contributed by atoms with van der Waals surface area (Å²) in [4.78, 5) is 3.41. The standard InChI is InChI=1S/C15H12ClN/c1-10-4-2-3-5-13(10)15-8-11-6-7-12(16)9-14(11)17-15/h2-9,17H,1H3. The van der Waals surface area contributed by atoms with Gasteiger partial charge < -0.3 is 4.98 Å². The Hall–Kier alpha value is -1.73. The Morgan fingerprint density at radius 1 is 1.00 bits per heavy atom. The third kappa shape index (κ3) is 1.83. The number of aryl methyl sites for hydroxylation is 1. The number of hydrogen-bond acceptors (Lipinski definition) is 0. The van der Waals surface area contributed by atoms with Crippen molar-refractivity contribution in [1.82, 2.24) is 4.98 Å². The van der Waals surface area contributed by atoms with Crippen LogP contribution in [0.2, 0.25) is 5.02 Å². The molecule has 0 unspecified atom stereocenters. The lowest BCUT2D eigenvalue weighted by molar-refractivity contribution is 1.39. The largest absolute Gasteiger partial charge is 0.354 e. The van der Waals surface area contributed by atoms with Gasteiger partial charge >= 0.3 is 0 Å². The van der Waals surface area contributed by atoms with E-state index in [1.54, 1.807) is 0 Å². The average molecular weight is 242 g/mol. The minimum absolute atomic E-state index is 0.760. The smallest absolute Gasteiger partial charge is 0.0473 e. The lowest BCUT2D eigenvalue weighted by Gasteiger charge is -2.01. The molecule has 0 aliphatic carbocycles. The monoisotopic (exact) mass is 241 g/mol. The molecule has 0 saturated carbocycles. The number of halogens is 1. The number of nitrogens with one attached hydrogen (secondary N) is 1. The number of aromatic nitrogens is 1. The van der Waals surface area contributed by atoms with E-state index < -0.39 is 0 Å². The fourth-order valence-electron chi connectivity index (χ4n) is 2.12. The van der Waals surface area contributed by atoms with Crippen LogP contribution in [0.5, 0.6) is 0 Å². The van der Waals surface area contributed by atoms with Crippen molar-refractivity contribution in [2.45, 2.75) is 6.92 Å². The normalized spacial score (nSPS) is 10.9. The number of H-pyrrole nitrogens is 1. The maximum atomic E-state index is 5.99. The fraction of sp³-hybridized carbons (Fsp3) is 0.0667. The first-order valence-electron chi connectivity index (χ1n) is 5.58. The molecule has 0 bridgehead atoms. The lowest BCUT2D eigenvalue weighted by atomic mass is 10.1. The highest BCUT2D eigenvalue weighted by Crippen LogP contribution is 2.27. The van der Waals surface area contributed by atoms with Crippen molar-refractivity contribution >= 4 is 22.5 Å². The van der Waals surface area contributed by atoms with Crippen molar-refractivity contribution in [1.29, 1.82) is 0 Å². The van der Waals surface area contributed by atoms with Gasteiger partial charge in [0.1, 0.15) is 0 Å². The summed E-state index contributed by atoms with van der Waals surface area (Å²) in [5.41, 5.74) is 4.72. The third-order valence-electron chi connectivity index (χ3n) is 3.02. The van der Waals surface area contributed by atoms with Crippen LogP contribution in [0.25, 0.3) is 22.2 Å². The quantitative estimate of drug-likeness (QED) is 0.630. The fourth-order valence-corrected chi connectivity index (χ4v) is 2.29. The highest BCUT2D eigenvalue weighted by molar-refractivity contribution is 6.31. The molecule has 1 N–H and O–H groups in total. The van der Waals surface area contributed by atoms with Gasteiger partial charge in [0.25, 0.3) is 0 Å². The number of aromatic amines is 1. The van der Waals surface area contributed by atoms with E-state index in [9.17, 15) is 0 Å². The second-order valence-electron chi connectivity index (χ2n) is 4.23. The Labute approximate surface area is 105 Å². The third-order valence-corrected chi connectivity index (χ3v) is 3.25. The van der Waals surface area contributed by atoms with Crippen molar-refractivity contribution in [2.75, 3.05) is 0 Å². The summed E-state index contributed by atoms with van der Waals surface area (Å²) >= 11 is 5.99. The maximum Gasteiger partial charge on any atom is 0.0473 e. The van der Waals surface area contributed by atoms with E-state index in [4.69, 9.17) is 11.6 Å². The Morgan fingerprint density at radius 3 is 2.65 bits per heavy atom. The summed E-state index contributed by atoms with van der Waals surface area (Å²) in [6.45, 7) is 2.12. The molecule has 17 heavy (non-hydrogen) atoms. The molecule has 0 aliphatic heterocycles. The van der Waals surface area contributed by atoms with Crippen LogP contribution in [-0.2, 0) is 0 Å². The summed E-state index contributed by atoms with van der Waals surface area (Å²) in [5, 5.41) is 1.95. The first kappa shape index (κ1) is 10.4. The predicted octanol–water partition coefficient (Wildman–Crippen LogP) is 4.80. The molecule has 0 radical (unpaired) electrons. The first-order valence-corrected chi connectivity index (χ1v) is 5.96. The molecular weight excluding hydrogens is 230 g/mol. The topological polar surface area (TPSA) is 15.8 Å². The minimum Gasteiger partial charge on any atom is -0.354 e. The van der Waals surface area contributed by atoms with E-state index >= 15 is 0 Å². The molecular formula is C15H12ClN. The number of rotatable bonds is 1. The van der Waals surface area contributed by atoms with Crippen LogP contribution in [-0.4, -0.2) is 4.98 Å². The van der Waals surface area contributed by atoms with Gasteiger partial charge in [0.05, 0.1) is 0 Å². The summed E-state index contributed by atoms with van der Waals surface area (Å²) in [7, 11) is 0. The molecule has 3 rings (SSSR count). The Bertz CT molecular complexity index is 682. The second kappa shape index (κ2) is 3.94. The summed E-state index contributed by atoms with van der Waals surface area (Å²) < 4.78 is 0. The van der Waals surface area contributed by atoms with Gasteiger partial charge in [-0.2, -0.15) is 0 Å². The maximum absolute atomic E-state index is 5.99. The number of fused-ring (bicyclic) bond motifs is 1. The van der Waals surface area contributed by atoms with Crippen molar-refractivity contribution in [2.24, 2.45) is 0 Å². The van der Waals surface area contributed by atoms with Crippen LogP contribution < -0.4 is 0 Å². The Morgan fingerprint density at radius 2 is 1.82 bits per heavy atom. The van der Waals surface area contributed by atoms with Crippen LogP contribution in [0.1, 0.15) is 5.56 Å². The van der Waals surface area contributed by atoms with Crippen LogP contribution in [0, 0.1) is 6.92 Å². The van der Waals surface area contributed by atoms with Gasteiger partial charge in [0.2, 0.25) is 0 Å². The highest BCUT2D eigenvalue weighted by Gasteiger charge is 2.05. The Balaban J connectivity index is 2.22. The van der Waals surface area contributed by atoms with Gasteiger partial charge in [-0.1, -0.05) is 41.9 Å². The molecule has 1 nitrogen and oxygen atoms in total. The SMILES string of the molecule is Cc1ccccc1-c1cc2ccc(Cl)cc2[nH]1. The van der Waals surface area contributed by atoms with Gasteiger partial charge in [-0.05, 0) is 30.7 Å². The summed E-state index contributed by atoms with van der Waals surface area (Å²) in [6, 6.07) is 16.4. The molecule has 0 fully saturated rings. The van der Waals surface area contributed by atoms with Crippen LogP contribution in [0.15, 0.2) is 48.5 Å². The van der Waals surface area contributed by atoms with Crippen molar-refractivity contribution < 1.29 is 0 Å². The van der Waals surface area contributed by atoms with Crippen LogP contribution in [0.4, 0.5) is 0 Å². The van der Waals surface area contributed by atoms with Gasteiger partial charge in [-0.3, -0.25) is 0 Å². The molecule has 84 valence electrons. The van der Waals surface area contributed by atoms with E-state index in [1.165, 1.54) is 16.5 Å². The number of hydrogen-bond donors (Lipinski definition) is 1. The first-order chi connectivity index (χ1) is 8.24. The van der Waals surface area contributed by atoms with Crippen molar-refractivity contribution in [3.8, 4) is 11.3 Å². The Kier molecular flexibility index (Phi) is 2.41. The molecule has 0 aliphatic rings. The predicted molar refractivity (Wildman–Crippen MR) is 73.5 cm³/mol. The zero-order valence-corrected chi connectivity index (χ0v) is 10.3. The molecule has 0 amide bonds. The van der Waals surface area contributed by atoms with Gasteiger partial charge in [0, 0.05) is 27.2 Å². The van der Waals surface area contributed by atoms with Gasteiger partial charge in [-0.25, -0.2) is 0 Å². The molecule has 0 saturated heterocycles. The van der Waals surface area contributed by atoms with E-state index in [0.717, 1.165) is 16.2 Å². The number of benzene rings is 2. The van der Waals surface area contributed by atoms with E-state index in [0.29, 0.717) is 0 Å². The molecule has 3 aromatic rings. The van der Waals surface area contributed by atoms with Crippen LogP contribution >= 0.6 is 11.6 Å². The molecule has 0 spiro atoms. The molecule has 2 aromatic carbocycles. The van der Waals surface area contributed by atoms with E-state index in [2.05, 4.69) is 42.2 Å². The summed E-state index contributed by atoms with van der Waals surface area (Å²) in [6.07, 6.45) is 0. The minimum atomic E-state index is 0.760. The lowest BCUT2D eigenvalue weighted by Crippen LogP contribution is -1.81. The zero-order chi connectivity index (χ0) is 11.8. The molecule has 0 atom stereocenters. The van der Waals surface area contributed by atoms with Crippen LogP contribution in [0.3, 0.4) is 0 Å². The van der Waals surface area contributed by atoms with Crippen molar-refractivity contribution in [3.63, 3.8) is 0 Å². The van der Waals surface area contributed by atoms with Gasteiger partial charge in [-0.15, -0.1) is 0 Å². The second-order valence-corrected chi connectivity index (χ2v) is 4.67. The highest BCUT2D eigenvalue weighted by atomic mass is 35.5. The van der Waals surface area contributed by atoms with Crippen molar-refractivity contribution in [3.05, 3.63) is 59.1 Å². The van der Waals surface area contributed by atoms with E-state index in [1.807, 2.05) is 18.2 Å². The average Bonchev–Trinajstić information content (AvgIpc) is 2.72. The summed E-state index contributed by atoms with van der Waals surface area (Å²) in [5.74, 6) is 0. The molecule has 2 heteroatoms. The molecule has 1 heterocycles. The molecule has 1 aromatic heterocycles.